The van der Waals surface area contributed by atoms with Crippen LogP contribution >= 0.6 is 0 Å². The van der Waals surface area contributed by atoms with Gasteiger partial charge in [-0.1, -0.05) is 0 Å². The van der Waals surface area contributed by atoms with E-state index in [1.165, 1.54) is 0 Å². The Kier molecular flexibility index (Phi) is 3.28. The van der Waals surface area contributed by atoms with Crippen LogP contribution in [0.25, 0.3) is 0 Å². The van der Waals surface area contributed by atoms with Gasteiger partial charge in [-0.05, 0) is 26.0 Å². The first-order valence-electron chi connectivity index (χ1n) is 5.80. The highest BCUT2D eigenvalue weighted by Gasteiger charge is 2.23. The van der Waals surface area contributed by atoms with Crippen LogP contribution in [0.2, 0.25) is 0 Å². The number of aryl methyl sites for hydroxylation is 1. The Labute approximate surface area is 99.8 Å². The standard InChI is InChI=1S/C12H17N3O2/c1-8-3-4-10(11(16)14-8)12(17)15-6-5-13-9(2)7-15/h3-4,9,13H,5-7H2,1-2H3,(H,14,16). The fraction of sp³-hybridized carbons (Fsp3) is 0.500. The van der Waals surface area contributed by atoms with Gasteiger partial charge in [0.2, 0.25) is 0 Å². The van der Waals surface area contributed by atoms with Gasteiger partial charge < -0.3 is 15.2 Å². The Morgan fingerprint density at radius 1 is 1.47 bits per heavy atom. The average molecular weight is 235 g/mol. The zero-order valence-electron chi connectivity index (χ0n) is 10.1. The van der Waals surface area contributed by atoms with Crippen LogP contribution in [0.3, 0.4) is 0 Å². The third kappa shape index (κ3) is 2.55. The molecule has 0 saturated carbocycles. The predicted octanol–water partition coefficient (Wildman–Crippen LogP) is 0.117. The Balaban J connectivity index is 2.22. The maximum atomic E-state index is 12.2. The summed E-state index contributed by atoms with van der Waals surface area (Å²) in [4.78, 5) is 28.2. The van der Waals surface area contributed by atoms with Gasteiger partial charge in [-0.3, -0.25) is 9.59 Å². The molecule has 1 aromatic heterocycles. The number of carbonyl (C=O) groups excluding carboxylic acids is 1. The van der Waals surface area contributed by atoms with E-state index >= 15 is 0 Å². The molecular formula is C12H17N3O2. The minimum absolute atomic E-state index is 0.181. The lowest BCUT2D eigenvalue weighted by Crippen LogP contribution is -2.52. The number of nitrogens with one attached hydrogen (secondary N) is 2. The van der Waals surface area contributed by atoms with E-state index in [0.717, 1.165) is 12.2 Å². The molecule has 5 nitrogen and oxygen atoms in total. The van der Waals surface area contributed by atoms with E-state index in [0.29, 0.717) is 13.1 Å². The van der Waals surface area contributed by atoms with Crippen molar-refractivity contribution < 1.29 is 4.79 Å². The number of pyridine rings is 1. The van der Waals surface area contributed by atoms with Crippen LogP contribution in [0.4, 0.5) is 0 Å². The smallest absolute Gasteiger partial charge is 0.260 e. The van der Waals surface area contributed by atoms with Crippen molar-refractivity contribution in [2.24, 2.45) is 0 Å². The summed E-state index contributed by atoms with van der Waals surface area (Å²) in [6.45, 7) is 5.89. The maximum Gasteiger partial charge on any atom is 0.260 e. The third-order valence-corrected chi connectivity index (χ3v) is 2.94. The monoisotopic (exact) mass is 235 g/mol. The van der Waals surface area contributed by atoms with E-state index in [4.69, 9.17) is 0 Å². The van der Waals surface area contributed by atoms with Gasteiger partial charge in [-0.25, -0.2) is 0 Å². The Morgan fingerprint density at radius 3 is 2.88 bits per heavy atom. The van der Waals surface area contributed by atoms with Crippen LogP contribution < -0.4 is 10.9 Å². The summed E-state index contributed by atoms with van der Waals surface area (Å²) in [6.07, 6.45) is 0. The average Bonchev–Trinajstić information content (AvgIpc) is 2.28. The highest BCUT2D eigenvalue weighted by molar-refractivity contribution is 5.93. The molecule has 17 heavy (non-hydrogen) atoms. The quantitative estimate of drug-likeness (QED) is 0.726. The molecule has 1 aliphatic heterocycles. The van der Waals surface area contributed by atoms with E-state index < -0.39 is 0 Å². The van der Waals surface area contributed by atoms with Crippen molar-refractivity contribution in [3.63, 3.8) is 0 Å². The van der Waals surface area contributed by atoms with Crippen molar-refractivity contribution in [2.75, 3.05) is 19.6 Å². The number of hydrogen-bond acceptors (Lipinski definition) is 3. The van der Waals surface area contributed by atoms with E-state index in [-0.39, 0.29) is 23.1 Å². The molecule has 2 N–H and O–H groups in total. The molecule has 0 bridgehead atoms. The lowest BCUT2D eigenvalue weighted by Gasteiger charge is -2.31. The van der Waals surface area contributed by atoms with Crippen molar-refractivity contribution in [1.82, 2.24) is 15.2 Å². The number of nitrogens with zero attached hydrogens (tertiary/aromatic N) is 1. The van der Waals surface area contributed by atoms with Gasteiger partial charge in [0.25, 0.3) is 11.5 Å². The van der Waals surface area contributed by atoms with Crippen LogP contribution in [-0.4, -0.2) is 41.5 Å². The van der Waals surface area contributed by atoms with E-state index in [1.807, 2.05) is 6.92 Å². The van der Waals surface area contributed by atoms with Crippen LogP contribution in [0.5, 0.6) is 0 Å². The normalized spacial score (nSPS) is 20.4. The van der Waals surface area contributed by atoms with Crippen LogP contribution in [0.1, 0.15) is 23.0 Å². The Hall–Kier alpha value is -1.62. The van der Waals surface area contributed by atoms with E-state index in [2.05, 4.69) is 10.3 Å². The minimum atomic E-state index is -0.304. The van der Waals surface area contributed by atoms with Crippen molar-refractivity contribution in [2.45, 2.75) is 19.9 Å². The lowest BCUT2D eigenvalue weighted by molar-refractivity contribution is 0.0707. The summed E-state index contributed by atoms with van der Waals surface area (Å²) in [6, 6.07) is 3.63. The number of carbonyl (C=O) groups is 1. The molecular weight excluding hydrogens is 218 g/mol. The molecule has 1 fully saturated rings. The Morgan fingerprint density at radius 2 is 2.24 bits per heavy atom. The topological polar surface area (TPSA) is 65.2 Å². The fourth-order valence-electron chi connectivity index (χ4n) is 2.03. The number of aromatic nitrogens is 1. The summed E-state index contributed by atoms with van der Waals surface area (Å²) in [7, 11) is 0. The molecule has 0 spiro atoms. The number of amides is 1. The van der Waals surface area contributed by atoms with Gasteiger partial charge in [0.15, 0.2) is 0 Å². The molecule has 1 aromatic rings. The van der Waals surface area contributed by atoms with Crippen LogP contribution in [-0.2, 0) is 0 Å². The fourth-order valence-corrected chi connectivity index (χ4v) is 2.03. The van der Waals surface area contributed by atoms with Gasteiger partial charge >= 0.3 is 0 Å². The summed E-state index contributed by atoms with van der Waals surface area (Å²) < 4.78 is 0. The predicted molar refractivity (Wildman–Crippen MR) is 65.2 cm³/mol. The first-order chi connectivity index (χ1) is 8.08. The van der Waals surface area contributed by atoms with Gasteiger partial charge in [0.1, 0.15) is 5.56 Å². The van der Waals surface area contributed by atoms with Gasteiger partial charge in [0.05, 0.1) is 0 Å². The van der Waals surface area contributed by atoms with Crippen LogP contribution in [0, 0.1) is 6.92 Å². The van der Waals surface area contributed by atoms with Crippen molar-refractivity contribution in [1.29, 1.82) is 0 Å². The summed E-state index contributed by atoms with van der Waals surface area (Å²) in [5.74, 6) is -0.181. The second-order valence-corrected chi connectivity index (χ2v) is 4.49. The second kappa shape index (κ2) is 4.71. The molecule has 0 radical (unpaired) electrons. The molecule has 1 unspecified atom stereocenters. The zero-order valence-corrected chi connectivity index (χ0v) is 10.1. The number of rotatable bonds is 1. The molecule has 2 rings (SSSR count). The van der Waals surface area contributed by atoms with E-state index in [9.17, 15) is 9.59 Å². The first-order valence-corrected chi connectivity index (χ1v) is 5.80. The molecule has 1 atom stereocenters. The highest BCUT2D eigenvalue weighted by Crippen LogP contribution is 2.04. The summed E-state index contributed by atoms with van der Waals surface area (Å²) in [5.41, 5.74) is 0.686. The van der Waals surface area contributed by atoms with E-state index in [1.54, 1.807) is 24.0 Å². The van der Waals surface area contributed by atoms with Gasteiger partial charge in [-0.15, -0.1) is 0 Å². The molecule has 0 aromatic carbocycles. The molecule has 2 heterocycles. The summed E-state index contributed by atoms with van der Waals surface area (Å²) in [5, 5.41) is 3.26. The number of hydrogen-bond donors (Lipinski definition) is 2. The Bertz CT molecular complexity index is 481. The first kappa shape index (κ1) is 11.9. The molecule has 1 aliphatic rings. The van der Waals surface area contributed by atoms with Crippen molar-refractivity contribution >= 4 is 5.91 Å². The molecule has 92 valence electrons. The third-order valence-electron chi connectivity index (χ3n) is 2.94. The summed E-state index contributed by atoms with van der Waals surface area (Å²) >= 11 is 0. The van der Waals surface area contributed by atoms with Crippen molar-refractivity contribution in [3.05, 3.63) is 33.7 Å². The number of aromatic amines is 1. The highest BCUT2D eigenvalue weighted by atomic mass is 16.2. The molecule has 1 amide bonds. The zero-order chi connectivity index (χ0) is 12.4. The molecule has 0 aliphatic carbocycles. The van der Waals surface area contributed by atoms with Gasteiger partial charge in [-0.2, -0.15) is 0 Å². The van der Waals surface area contributed by atoms with Crippen molar-refractivity contribution in [3.8, 4) is 0 Å². The SMILES string of the molecule is Cc1ccc(C(=O)N2CCNC(C)C2)c(=O)[nH]1. The number of H-pyrrole nitrogens is 1. The minimum Gasteiger partial charge on any atom is -0.336 e. The maximum absolute atomic E-state index is 12.2. The molecule has 5 heteroatoms. The van der Waals surface area contributed by atoms with Crippen LogP contribution in [0.15, 0.2) is 16.9 Å². The molecule has 1 saturated heterocycles. The number of piperazine rings is 1. The second-order valence-electron chi connectivity index (χ2n) is 4.49. The van der Waals surface area contributed by atoms with Gasteiger partial charge in [0, 0.05) is 31.4 Å². The largest absolute Gasteiger partial charge is 0.336 e. The lowest BCUT2D eigenvalue weighted by atomic mass is 10.2.